The number of nitrogens with zero attached hydrogens (tertiary/aromatic N) is 1. The second-order valence-electron chi connectivity index (χ2n) is 10.5. The van der Waals surface area contributed by atoms with Crippen LogP contribution in [0.25, 0.3) is 0 Å². The van der Waals surface area contributed by atoms with E-state index in [0.717, 1.165) is 41.0 Å². The topological polar surface area (TPSA) is 114 Å². The first-order chi connectivity index (χ1) is 20.4. The number of rotatable bonds is 14. The summed E-state index contributed by atoms with van der Waals surface area (Å²) in [6.45, 7) is 3.86. The lowest BCUT2D eigenvalue weighted by Crippen LogP contribution is -2.49. The number of primary amides is 1. The van der Waals surface area contributed by atoms with Crippen molar-refractivity contribution < 1.29 is 19.1 Å². The van der Waals surface area contributed by atoms with E-state index in [2.05, 4.69) is 31.5 Å². The standard InChI is InChI=1S/C33H38BrN4O4/c34-27-13-11-26(29(22-27)32(35)40)12-16-31(39)37-30(33(41)36-17-20-38-18-5-2-6-19-38)21-24-9-14-28(15-10-24)42-23-25-7-3-1-4-8-25/h1,3-4,7-11,13-16,22,30H,2,5-6,12,17-21,23H2,(H2,35,40)(H,36,41)(H,37,39). The predicted molar refractivity (Wildman–Crippen MR) is 167 cm³/mol. The molecule has 0 aliphatic carbocycles. The minimum Gasteiger partial charge on any atom is -0.489 e. The number of piperidine rings is 1. The largest absolute Gasteiger partial charge is 0.489 e. The maximum absolute atomic E-state index is 13.3. The van der Waals surface area contributed by atoms with Gasteiger partial charge in [-0.1, -0.05) is 70.9 Å². The minimum atomic E-state index is -0.772. The lowest BCUT2D eigenvalue weighted by molar-refractivity contribution is -0.127. The Morgan fingerprint density at radius 1 is 0.952 bits per heavy atom. The van der Waals surface area contributed by atoms with Crippen LogP contribution in [0.1, 0.15) is 46.3 Å². The van der Waals surface area contributed by atoms with E-state index in [9.17, 15) is 14.4 Å². The zero-order chi connectivity index (χ0) is 29.7. The van der Waals surface area contributed by atoms with Crippen LogP contribution in [-0.2, 0) is 29.0 Å². The summed E-state index contributed by atoms with van der Waals surface area (Å²) in [7, 11) is 0. The molecule has 4 rings (SSSR count). The zero-order valence-corrected chi connectivity index (χ0v) is 25.3. The lowest BCUT2D eigenvalue weighted by Gasteiger charge is -2.27. The number of likely N-dealkylation sites (tertiary alicyclic amines) is 1. The molecule has 0 saturated carbocycles. The summed E-state index contributed by atoms with van der Waals surface area (Å²) in [4.78, 5) is 40.4. The average Bonchev–Trinajstić information content (AvgIpc) is 3.00. The Morgan fingerprint density at radius 3 is 2.40 bits per heavy atom. The van der Waals surface area contributed by atoms with Crippen molar-refractivity contribution in [3.05, 3.63) is 106 Å². The van der Waals surface area contributed by atoms with E-state index >= 15 is 0 Å². The third-order valence-corrected chi connectivity index (χ3v) is 7.76. The van der Waals surface area contributed by atoms with Gasteiger partial charge >= 0.3 is 0 Å². The first-order valence-electron chi connectivity index (χ1n) is 14.3. The van der Waals surface area contributed by atoms with Crippen LogP contribution in [0.4, 0.5) is 0 Å². The van der Waals surface area contributed by atoms with Gasteiger partial charge in [-0.3, -0.25) is 14.4 Å². The summed E-state index contributed by atoms with van der Waals surface area (Å²) < 4.78 is 6.61. The second-order valence-corrected chi connectivity index (χ2v) is 11.4. The number of nitrogens with two attached hydrogens (primary N) is 1. The van der Waals surface area contributed by atoms with E-state index in [0.29, 0.717) is 30.7 Å². The normalized spacial score (nSPS) is 14.1. The van der Waals surface area contributed by atoms with Crippen LogP contribution in [0.3, 0.4) is 0 Å². The highest BCUT2D eigenvalue weighted by Gasteiger charge is 2.22. The summed E-state index contributed by atoms with van der Waals surface area (Å²) in [5, 5.41) is 5.88. The first kappa shape index (κ1) is 31.3. The van der Waals surface area contributed by atoms with Crippen LogP contribution >= 0.6 is 15.9 Å². The molecule has 9 heteroatoms. The van der Waals surface area contributed by atoms with Crippen molar-refractivity contribution in [2.24, 2.45) is 5.73 Å². The van der Waals surface area contributed by atoms with Gasteiger partial charge < -0.3 is 26.0 Å². The van der Waals surface area contributed by atoms with Crippen LogP contribution in [0, 0.1) is 6.42 Å². The van der Waals surface area contributed by atoms with Crippen molar-refractivity contribution in [3.8, 4) is 5.75 Å². The molecule has 3 aromatic carbocycles. The van der Waals surface area contributed by atoms with Gasteiger partial charge in [0.25, 0.3) is 0 Å². The van der Waals surface area contributed by atoms with E-state index < -0.39 is 17.9 Å². The molecule has 1 aliphatic heterocycles. The second kappa shape index (κ2) is 16.1. The summed E-state index contributed by atoms with van der Waals surface area (Å²) in [6.07, 6.45) is 5.58. The molecule has 0 aromatic heterocycles. The van der Waals surface area contributed by atoms with Crippen molar-refractivity contribution >= 4 is 33.7 Å². The molecule has 1 unspecified atom stereocenters. The number of nitrogens with one attached hydrogen (secondary N) is 2. The number of amides is 3. The number of ether oxygens (including phenoxy) is 1. The predicted octanol–water partition coefficient (Wildman–Crippen LogP) is 4.20. The number of carbonyl (C=O) groups is 3. The third kappa shape index (κ3) is 9.99. The monoisotopic (exact) mass is 633 g/mol. The SMILES string of the molecule is NC(=O)c1cc(Br)ccc1C[CH]C(=O)NC(Cc1ccc(OCc2ccccc2)cc1)C(=O)NCCN1CCCCC1. The fourth-order valence-electron chi connectivity index (χ4n) is 4.94. The third-order valence-electron chi connectivity index (χ3n) is 7.27. The molecule has 8 nitrogen and oxygen atoms in total. The van der Waals surface area contributed by atoms with Crippen molar-refractivity contribution in [1.82, 2.24) is 15.5 Å². The molecule has 3 amide bonds. The van der Waals surface area contributed by atoms with Crippen molar-refractivity contribution in [1.29, 1.82) is 0 Å². The fourth-order valence-corrected chi connectivity index (χ4v) is 5.30. The van der Waals surface area contributed by atoms with E-state index in [4.69, 9.17) is 10.5 Å². The molecular weight excluding hydrogens is 596 g/mol. The van der Waals surface area contributed by atoms with E-state index in [1.807, 2.05) is 54.6 Å². The van der Waals surface area contributed by atoms with Gasteiger partial charge in [0, 0.05) is 29.5 Å². The molecule has 3 aromatic rings. The number of hydrogen-bond acceptors (Lipinski definition) is 5. The molecule has 4 N–H and O–H groups in total. The Labute approximate surface area is 256 Å². The molecule has 1 aliphatic rings. The molecule has 1 heterocycles. The summed E-state index contributed by atoms with van der Waals surface area (Å²) >= 11 is 3.34. The van der Waals surface area contributed by atoms with Gasteiger partial charge in [-0.05, 0) is 73.3 Å². The molecular formula is C33H38BrN4O4. The van der Waals surface area contributed by atoms with Crippen molar-refractivity contribution in [2.75, 3.05) is 26.2 Å². The maximum Gasteiger partial charge on any atom is 0.249 e. The molecule has 0 spiro atoms. The lowest BCUT2D eigenvalue weighted by atomic mass is 10.0. The maximum atomic E-state index is 13.3. The quantitative estimate of drug-likeness (QED) is 0.246. The van der Waals surface area contributed by atoms with Gasteiger partial charge in [0.2, 0.25) is 17.7 Å². The van der Waals surface area contributed by atoms with Crippen LogP contribution in [-0.4, -0.2) is 54.8 Å². The van der Waals surface area contributed by atoms with Gasteiger partial charge in [0.1, 0.15) is 18.4 Å². The number of hydrogen-bond donors (Lipinski definition) is 3. The Balaban J connectivity index is 1.36. The van der Waals surface area contributed by atoms with Gasteiger partial charge in [0.15, 0.2) is 0 Å². The minimum absolute atomic E-state index is 0.203. The molecule has 0 bridgehead atoms. The van der Waals surface area contributed by atoms with Gasteiger partial charge in [-0.15, -0.1) is 0 Å². The number of carbonyl (C=O) groups excluding carboxylic acids is 3. The number of halogens is 1. The highest BCUT2D eigenvalue weighted by molar-refractivity contribution is 9.10. The fraction of sp³-hybridized carbons (Fsp3) is 0.333. The van der Waals surface area contributed by atoms with E-state index in [1.165, 1.54) is 25.7 Å². The Morgan fingerprint density at radius 2 is 1.69 bits per heavy atom. The van der Waals surface area contributed by atoms with Gasteiger partial charge in [-0.25, -0.2) is 0 Å². The molecule has 1 radical (unpaired) electrons. The number of benzene rings is 3. The molecule has 1 fully saturated rings. The van der Waals surface area contributed by atoms with Crippen LogP contribution in [0.5, 0.6) is 5.75 Å². The van der Waals surface area contributed by atoms with E-state index in [1.54, 1.807) is 18.2 Å². The van der Waals surface area contributed by atoms with Gasteiger partial charge in [0.05, 0.1) is 6.42 Å². The van der Waals surface area contributed by atoms with Crippen molar-refractivity contribution in [2.45, 2.75) is 44.8 Å². The summed E-state index contributed by atoms with van der Waals surface area (Å²) in [6, 6.07) is 21.9. The van der Waals surface area contributed by atoms with Crippen LogP contribution < -0.4 is 21.1 Å². The zero-order valence-electron chi connectivity index (χ0n) is 23.7. The summed E-state index contributed by atoms with van der Waals surface area (Å²) in [5.41, 5.74) is 8.46. The molecule has 1 saturated heterocycles. The van der Waals surface area contributed by atoms with Gasteiger partial charge in [-0.2, -0.15) is 0 Å². The smallest absolute Gasteiger partial charge is 0.249 e. The molecule has 221 valence electrons. The average molecular weight is 635 g/mol. The van der Waals surface area contributed by atoms with Crippen molar-refractivity contribution in [3.63, 3.8) is 0 Å². The highest BCUT2D eigenvalue weighted by atomic mass is 79.9. The van der Waals surface area contributed by atoms with Crippen LogP contribution in [0.2, 0.25) is 0 Å². The Hall–Kier alpha value is -3.69. The van der Waals surface area contributed by atoms with Crippen LogP contribution in [0.15, 0.2) is 77.3 Å². The highest BCUT2D eigenvalue weighted by Crippen LogP contribution is 2.18. The van der Waals surface area contributed by atoms with E-state index in [-0.39, 0.29) is 12.3 Å². The summed E-state index contributed by atoms with van der Waals surface area (Å²) in [5.74, 6) is -0.475. The Kier molecular flexibility index (Phi) is 12.0. The Bertz CT molecular complexity index is 1330. The molecule has 1 atom stereocenters. The molecule has 42 heavy (non-hydrogen) atoms. The first-order valence-corrected chi connectivity index (χ1v) is 15.1.